The van der Waals surface area contributed by atoms with E-state index in [1.165, 1.54) is 0 Å². The van der Waals surface area contributed by atoms with E-state index in [1.807, 2.05) is 25.1 Å². The summed E-state index contributed by atoms with van der Waals surface area (Å²) in [6.45, 7) is 5.55. The van der Waals surface area contributed by atoms with Crippen LogP contribution in [0.2, 0.25) is 5.02 Å². The smallest absolute Gasteiger partial charge is 0.137 e. The van der Waals surface area contributed by atoms with Crippen molar-refractivity contribution in [2.24, 2.45) is 0 Å². The summed E-state index contributed by atoms with van der Waals surface area (Å²) in [5.74, 6) is 0.712. The molecule has 4 heteroatoms. The van der Waals surface area contributed by atoms with Crippen molar-refractivity contribution in [3.05, 3.63) is 28.8 Å². The Balaban J connectivity index is 2.52. The molecular formula is C12H18ClNO2. The molecule has 0 saturated carbocycles. The number of aliphatic hydroxyl groups is 1. The van der Waals surface area contributed by atoms with Gasteiger partial charge in [-0.15, -0.1) is 0 Å². The van der Waals surface area contributed by atoms with Gasteiger partial charge in [-0.1, -0.05) is 17.7 Å². The molecule has 2 N–H and O–H groups in total. The largest absolute Gasteiger partial charge is 0.492 e. The maximum atomic E-state index is 9.09. The van der Waals surface area contributed by atoms with Gasteiger partial charge in [-0.05, 0) is 31.5 Å². The van der Waals surface area contributed by atoms with Crippen molar-refractivity contribution in [3.8, 4) is 5.75 Å². The third-order valence-electron chi connectivity index (χ3n) is 2.07. The first-order valence-electron chi connectivity index (χ1n) is 5.43. The average molecular weight is 244 g/mol. The Morgan fingerprint density at radius 2 is 2.25 bits per heavy atom. The first kappa shape index (κ1) is 13.3. The third-order valence-corrected chi connectivity index (χ3v) is 2.36. The highest BCUT2D eigenvalue weighted by Crippen LogP contribution is 2.25. The van der Waals surface area contributed by atoms with Crippen LogP contribution in [0.5, 0.6) is 5.75 Å². The topological polar surface area (TPSA) is 41.5 Å². The van der Waals surface area contributed by atoms with Crippen LogP contribution < -0.4 is 10.1 Å². The summed E-state index contributed by atoms with van der Waals surface area (Å²) in [5.41, 5.74) is 1.08. The zero-order chi connectivity index (χ0) is 12.0. The fourth-order valence-electron chi connectivity index (χ4n) is 1.35. The number of rotatable bonds is 6. The number of aliphatic hydroxyl groups excluding tert-OH is 1. The summed E-state index contributed by atoms with van der Waals surface area (Å²) in [5, 5.41) is 12.8. The molecule has 90 valence electrons. The quantitative estimate of drug-likeness (QED) is 0.805. The van der Waals surface area contributed by atoms with Crippen LogP contribution in [0.4, 0.5) is 0 Å². The van der Waals surface area contributed by atoms with Gasteiger partial charge in [0.1, 0.15) is 5.75 Å². The minimum atomic E-state index is -0.335. The Morgan fingerprint density at radius 1 is 1.50 bits per heavy atom. The monoisotopic (exact) mass is 243 g/mol. The summed E-state index contributed by atoms with van der Waals surface area (Å²) < 4.78 is 5.34. The lowest BCUT2D eigenvalue weighted by atomic mass is 10.2. The maximum absolute atomic E-state index is 9.09. The molecular weight excluding hydrogens is 226 g/mol. The van der Waals surface area contributed by atoms with Crippen LogP contribution in [0.15, 0.2) is 18.2 Å². The van der Waals surface area contributed by atoms with Gasteiger partial charge in [0.15, 0.2) is 0 Å². The van der Waals surface area contributed by atoms with Crippen molar-refractivity contribution >= 4 is 11.6 Å². The second kappa shape index (κ2) is 6.74. The molecule has 0 heterocycles. The molecule has 0 spiro atoms. The highest BCUT2D eigenvalue weighted by Gasteiger charge is 2.02. The van der Waals surface area contributed by atoms with Crippen LogP contribution in [0.3, 0.4) is 0 Å². The van der Waals surface area contributed by atoms with E-state index < -0.39 is 0 Å². The minimum absolute atomic E-state index is 0.335. The molecule has 1 atom stereocenters. The average Bonchev–Trinajstić information content (AvgIpc) is 2.21. The molecule has 0 bridgehead atoms. The molecule has 0 aromatic heterocycles. The highest BCUT2D eigenvalue weighted by molar-refractivity contribution is 6.32. The lowest BCUT2D eigenvalue weighted by molar-refractivity contribution is 0.191. The summed E-state index contributed by atoms with van der Waals surface area (Å²) in [6.07, 6.45) is -0.335. The summed E-state index contributed by atoms with van der Waals surface area (Å²) >= 11 is 6.05. The molecule has 0 fully saturated rings. The molecule has 0 saturated heterocycles. The molecule has 1 aromatic carbocycles. The SMILES string of the molecule is CCOc1ccc(CNC[C@H](C)O)cc1Cl. The minimum Gasteiger partial charge on any atom is -0.492 e. The van der Waals surface area contributed by atoms with Crippen LogP contribution in [0.25, 0.3) is 0 Å². The van der Waals surface area contributed by atoms with Crippen molar-refractivity contribution < 1.29 is 9.84 Å². The van der Waals surface area contributed by atoms with Gasteiger partial charge in [0.05, 0.1) is 17.7 Å². The van der Waals surface area contributed by atoms with E-state index >= 15 is 0 Å². The van der Waals surface area contributed by atoms with Crippen LogP contribution in [0.1, 0.15) is 19.4 Å². The Labute approximate surface area is 101 Å². The normalized spacial score (nSPS) is 12.5. The van der Waals surface area contributed by atoms with Gasteiger partial charge in [-0.3, -0.25) is 0 Å². The molecule has 0 aliphatic carbocycles. The number of ether oxygens (including phenoxy) is 1. The maximum Gasteiger partial charge on any atom is 0.137 e. The Kier molecular flexibility index (Phi) is 5.60. The standard InChI is InChI=1S/C12H18ClNO2/c1-3-16-12-5-4-10(6-11(12)13)8-14-7-9(2)15/h4-6,9,14-15H,3,7-8H2,1-2H3/t9-/m0/s1. The van der Waals surface area contributed by atoms with Crippen LogP contribution >= 0.6 is 11.6 Å². The van der Waals surface area contributed by atoms with Crippen molar-refractivity contribution in [2.75, 3.05) is 13.2 Å². The second-order valence-corrected chi connectivity index (χ2v) is 4.08. The van der Waals surface area contributed by atoms with Gasteiger partial charge in [0, 0.05) is 13.1 Å². The van der Waals surface area contributed by atoms with Gasteiger partial charge in [0.2, 0.25) is 0 Å². The first-order valence-corrected chi connectivity index (χ1v) is 5.81. The van der Waals surface area contributed by atoms with Gasteiger partial charge in [-0.2, -0.15) is 0 Å². The third kappa shape index (κ3) is 4.39. The molecule has 1 aromatic rings. The molecule has 0 unspecified atom stereocenters. The second-order valence-electron chi connectivity index (χ2n) is 3.68. The van der Waals surface area contributed by atoms with Crippen LogP contribution in [0, 0.1) is 0 Å². The highest BCUT2D eigenvalue weighted by atomic mass is 35.5. The molecule has 1 rings (SSSR count). The van der Waals surface area contributed by atoms with E-state index in [2.05, 4.69) is 5.32 Å². The summed E-state index contributed by atoms with van der Waals surface area (Å²) in [6, 6.07) is 5.71. The van der Waals surface area contributed by atoms with Gasteiger partial charge in [0.25, 0.3) is 0 Å². The summed E-state index contributed by atoms with van der Waals surface area (Å²) in [4.78, 5) is 0. The predicted octanol–water partition coefficient (Wildman–Crippen LogP) is 2.21. The Morgan fingerprint density at radius 3 is 2.81 bits per heavy atom. The zero-order valence-corrected chi connectivity index (χ0v) is 10.4. The van der Waals surface area contributed by atoms with E-state index in [4.69, 9.17) is 21.4 Å². The van der Waals surface area contributed by atoms with Gasteiger partial charge in [-0.25, -0.2) is 0 Å². The lowest BCUT2D eigenvalue weighted by Crippen LogP contribution is -2.23. The number of nitrogens with one attached hydrogen (secondary N) is 1. The Hall–Kier alpha value is -0.770. The van der Waals surface area contributed by atoms with E-state index in [9.17, 15) is 0 Å². The number of halogens is 1. The predicted molar refractivity (Wildman–Crippen MR) is 66.0 cm³/mol. The molecule has 16 heavy (non-hydrogen) atoms. The lowest BCUT2D eigenvalue weighted by Gasteiger charge is -2.09. The van der Waals surface area contributed by atoms with Crippen molar-refractivity contribution in [1.29, 1.82) is 0 Å². The van der Waals surface area contributed by atoms with Gasteiger partial charge >= 0.3 is 0 Å². The molecule has 0 aliphatic rings. The molecule has 0 radical (unpaired) electrons. The fourth-order valence-corrected chi connectivity index (χ4v) is 1.61. The molecule has 0 amide bonds. The van der Waals surface area contributed by atoms with Crippen molar-refractivity contribution in [2.45, 2.75) is 26.5 Å². The summed E-state index contributed by atoms with van der Waals surface area (Å²) in [7, 11) is 0. The Bertz CT molecular complexity index is 329. The number of benzene rings is 1. The van der Waals surface area contributed by atoms with E-state index in [0.717, 1.165) is 5.56 Å². The zero-order valence-electron chi connectivity index (χ0n) is 9.66. The van der Waals surface area contributed by atoms with Crippen LogP contribution in [-0.2, 0) is 6.54 Å². The van der Waals surface area contributed by atoms with E-state index in [0.29, 0.717) is 30.5 Å². The molecule has 0 aliphatic heterocycles. The van der Waals surface area contributed by atoms with Crippen LogP contribution in [-0.4, -0.2) is 24.4 Å². The fraction of sp³-hybridized carbons (Fsp3) is 0.500. The first-order chi connectivity index (χ1) is 7.63. The number of hydrogen-bond donors (Lipinski definition) is 2. The van der Waals surface area contributed by atoms with E-state index in [-0.39, 0.29) is 6.10 Å². The van der Waals surface area contributed by atoms with E-state index in [1.54, 1.807) is 6.92 Å². The number of hydrogen-bond acceptors (Lipinski definition) is 3. The van der Waals surface area contributed by atoms with Crippen molar-refractivity contribution in [3.63, 3.8) is 0 Å². The molecule has 3 nitrogen and oxygen atoms in total. The van der Waals surface area contributed by atoms with Crippen molar-refractivity contribution in [1.82, 2.24) is 5.32 Å². The van der Waals surface area contributed by atoms with Gasteiger partial charge < -0.3 is 15.2 Å².